The third-order valence-corrected chi connectivity index (χ3v) is 3.81. The van der Waals surface area contributed by atoms with E-state index in [0.29, 0.717) is 12.0 Å². The quantitative estimate of drug-likeness (QED) is 0.808. The molecule has 1 aromatic carbocycles. The molecule has 0 bridgehead atoms. The second-order valence-corrected chi connectivity index (χ2v) is 5.04. The lowest BCUT2D eigenvalue weighted by molar-refractivity contribution is 0.595. The molecule has 0 aliphatic carbocycles. The number of benzene rings is 1. The Hall–Kier alpha value is -1.41. The Morgan fingerprint density at radius 2 is 2.12 bits per heavy atom. The lowest BCUT2D eigenvalue weighted by Gasteiger charge is -2.15. The predicted molar refractivity (Wildman–Crippen MR) is 71.3 cm³/mol. The monoisotopic (exact) mass is 226 g/mol. The molecule has 88 valence electrons. The summed E-state index contributed by atoms with van der Waals surface area (Å²) >= 11 is 0. The summed E-state index contributed by atoms with van der Waals surface area (Å²) in [6.45, 7) is 5.45. The van der Waals surface area contributed by atoms with E-state index >= 15 is 0 Å². The van der Waals surface area contributed by atoms with Crippen LogP contribution in [0.1, 0.15) is 30.5 Å². The minimum atomic E-state index is 0.589. The molecule has 3 rings (SSSR count). The van der Waals surface area contributed by atoms with Crippen LogP contribution in [0.3, 0.4) is 0 Å². The summed E-state index contributed by atoms with van der Waals surface area (Å²) in [7, 11) is 0. The van der Waals surface area contributed by atoms with Gasteiger partial charge in [-0.05, 0) is 50.6 Å². The van der Waals surface area contributed by atoms with E-state index in [1.807, 2.05) is 6.92 Å². The van der Waals surface area contributed by atoms with Crippen LogP contribution in [-0.4, -0.2) is 17.6 Å². The molecule has 2 nitrogen and oxygen atoms in total. The van der Waals surface area contributed by atoms with E-state index in [2.05, 4.69) is 47.6 Å². The molecule has 0 amide bonds. The zero-order valence-corrected chi connectivity index (χ0v) is 10.4. The van der Waals surface area contributed by atoms with Gasteiger partial charge in [-0.2, -0.15) is 0 Å². The Bertz CT molecular complexity index is 548. The van der Waals surface area contributed by atoms with E-state index in [1.54, 1.807) is 0 Å². The number of hydrogen-bond acceptors (Lipinski definition) is 2. The molecule has 2 unspecified atom stereocenters. The average Bonchev–Trinajstić information content (AvgIpc) is 2.75. The molecule has 0 saturated carbocycles. The maximum atomic E-state index is 4.55. The number of nitrogens with zero attached hydrogens (tertiary/aromatic N) is 1. The second-order valence-electron chi connectivity index (χ2n) is 5.04. The van der Waals surface area contributed by atoms with Gasteiger partial charge in [0.2, 0.25) is 0 Å². The summed E-state index contributed by atoms with van der Waals surface area (Å²) in [6.07, 6.45) is 1.24. The highest BCUT2D eigenvalue weighted by atomic mass is 14.9. The Labute approximate surface area is 102 Å². The molecule has 17 heavy (non-hydrogen) atoms. The number of aromatic nitrogens is 1. The number of nitrogens with one attached hydrogen (secondary N) is 1. The number of pyridine rings is 1. The Morgan fingerprint density at radius 1 is 1.24 bits per heavy atom. The van der Waals surface area contributed by atoms with Gasteiger partial charge in [-0.1, -0.05) is 12.1 Å². The van der Waals surface area contributed by atoms with Crippen LogP contribution in [0.25, 0.3) is 10.9 Å². The van der Waals surface area contributed by atoms with Crippen molar-refractivity contribution in [1.29, 1.82) is 0 Å². The lowest BCUT2D eigenvalue weighted by atomic mass is 9.92. The smallest absolute Gasteiger partial charge is 0.0705 e. The van der Waals surface area contributed by atoms with Crippen molar-refractivity contribution in [2.45, 2.75) is 32.2 Å². The van der Waals surface area contributed by atoms with E-state index in [9.17, 15) is 0 Å². The molecule has 1 N–H and O–H groups in total. The van der Waals surface area contributed by atoms with E-state index in [1.165, 1.54) is 17.4 Å². The van der Waals surface area contributed by atoms with E-state index in [4.69, 9.17) is 0 Å². The molecular formula is C15H18N2. The number of aryl methyl sites for hydroxylation is 1. The van der Waals surface area contributed by atoms with Crippen molar-refractivity contribution in [2.24, 2.45) is 0 Å². The SMILES string of the molecule is Cc1ccc2cc(C3CCNC3C)ccc2n1. The van der Waals surface area contributed by atoms with Gasteiger partial charge in [0, 0.05) is 23.0 Å². The Kier molecular flexibility index (Phi) is 2.60. The molecule has 2 heteroatoms. The molecule has 1 aliphatic heterocycles. The second kappa shape index (κ2) is 4.11. The van der Waals surface area contributed by atoms with Gasteiger partial charge >= 0.3 is 0 Å². The fraction of sp³-hybridized carbons (Fsp3) is 0.400. The van der Waals surface area contributed by atoms with Crippen LogP contribution < -0.4 is 5.32 Å². The van der Waals surface area contributed by atoms with Crippen LogP contribution in [0.15, 0.2) is 30.3 Å². The van der Waals surface area contributed by atoms with Crippen LogP contribution >= 0.6 is 0 Å². The molecule has 0 radical (unpaired) electrons. The first kappa shape index (κ1) is 10.7. The highest BCUT2D eigenvalue weighted by Gasteiger charge is 2.24. The van der Waals surface area contributed by atoms with Crippen molar-refractivity contribution < 1.29 is 0 Å². The molecule has 1 aliphatic rings. The number of fused-ring (bicyclic) bond motifs is 1. The van der Waals surface area contributed by atoms with Crippen LogP contribution in [-0.2, 0) is 0 Å². The third kappa shape index (κ3) is 1.93. The summed E-state index contributed by atoms with van der Waals surface area (Å²) < 4.78 is 0. The fourth-order valence-corrected chi connectivity index (χ4v) is 2.79. The summed E-state index contributed by atoms with van der Waals surface area (Å²) in [5.41, 5.74) is 3.63. The summed E-state index contributed by atoms with van der Waals surface area (Å²) in [5, 5.41) is 4.77. The molecule has 0 spiro atoms. The summed E-state index contributed by atoms with van der Waals surface area (Å²) in [5.74, 6) is 0.653. The van der Waals surface area contributed by atoms with Crippen LogP contribution in [0.2, 0.25) is 0 Å². The summed E-state index contributed by atoms with van der Waals surface area (Å²) in [6, 6.07) is 11.5. The number of rotatable bonds is 1. The van der Waals surface area contributed by atoms with Crippen molar-refractivity contribution in [2.75, 3.05) is 6.54 Å². The van der Waals surface area contributed by atoms with Gasteiger partial charge in [-0.25, -0.2) is 0 Å². The molecule has 1 aromatic heterocycles. The van der Waals surface area contributed by atoms with Gasteiger partial charge in [0.1, 0.15) is 0 Å². The van der Waals surface area contributed by atoms with Crippen molar-refractivity contribution in [1.82, 2.24) is 10.3 Å². The van der Waals surface area contributed by atoms with Crippen LogP contribution in [0, 0.1) is 6.92 Å². The van der Waals surface area contributed by atoms with Crippen molar-refractivity contribution in [3.05, 3.63) is 41.6 Å². The van der Waals surface area contributed by atoms with Crippen molar-refractivity contribution in [3.8, 4) is 0 Å². The normalized spacial score (nSPS) is 24.4. The maximum absolute atomic E-state index is 4.55. The highest BCUT2D eigenvalue weighted by Crippen LogP contribution is 2.29. The maximum Gasteiger partial charge on any atom is 0.0705 e. The lowest BCUT2D eigenvalue weighted by Crippen LogP contribution is -2.21. The first-order chi connectivity index (χ1) is 8.24. The molecular weight excluding hydrogens is 208 g/mol. The van der Waals surface area contributed by atoms with Gasteiger partial charge in [-0.3, -0.25) is 4.98 Å². The van der Waals surface area contributed by atoms with Crippen molar-refractivity contribution in [3.63, 3.8) is 0 Å². The minimum absolute atomic E-state index is 0.589. The largest absolute Gasteiger partial charge is 0.314 e. The fourth-order valence-electron chi connectivity index (χ4n) is 2.79. The zero-order chi connectivity index (χ0) is 11.8. The third-order valence-electron chi connectivity index (χ3n) is 3.81. The van der Waals surface area contributed by atoms with Gasteiger partial charge in [0.15, 0.2) is 0 Å². The van der Waals surface area contributed by atoms with Gasteiger partial charge < -0.3 is 5.32 Å². The molecule has 2 aromatic rings. The van der Waals surface area contributed by atoms with Crippen LogP contribution in [0.5, 0.6) is 0 Å². The Balaban J connectivity index is 2.04. The van der Waals surface area contributed by atoms with E-state index in [-0.39, 0.29) is 0 Å². The van der Waals surface area contributed by atoms with Crippen molar-refractivity contribution >= 4 is 10.9 Å². The zero-order valence-electron chi connectivity index (χ0n) is 10.4. The minimum Gasteiger partial charge on any atom is -0.314 e. The van der Waals surface area contributed by atoms with Gasteiger partial charge in [0.25, 0.3) is 0 Å². The van der Waals surface area contributed by atoms with E-state index < -0.39 is 0 Å². The molecule has 2 atom stereocenters. The van der Waals surface area contributed by atoms with Gasteiger partial charge in [-0.15, -0.1) is 0 Å². The highest BCUT2D eigenvalue weighted by molar-refractivity contribution is 5.79. The van der Waals surface area contributed by atoms with Crippen LogP contribution in [0.4, 0.5) is 0 Å². The number of hydrogen-bond donors (Lipinski definition) is 1. The first-order valence-corrected chi connectivity index (χ1v) is 6.35. The molecule has 2 heterocycles. The first-order valence-electron chi connectivity index (χ1n) is 6.35. The molecule has 1 fully saturated rings. The van der Waals surface area contributed by atoms with Gasteiger partial charge in [0.05, 0.1) is 5.52 Å². The Morgan fingerprint density at radius 3 is 2.88 bits per heavy atom. The topological polar surface area (TPSA) is 24.9 Å². The summed E-state index contributed by atoms with van der Waals surface area (Å²) in [4.78, 5) is 4.55. The average molecular weight is 226 g/mol. The molecule has 1 saturated heterocycles. The predicted octanol–water partition coefficient (Wildman–Crippen LogP) is 3.01. The standard InChI is InChI=1S/C15H18N2/c1-10-3-4-13-9-12(5-6-15(13)17-10)14-7-8-16-11(14)2/h3-6,9,11,14,16H,7-8H2,1-2H3. The van der Waals surface area contributed by atoms with E-state index in [0.717, 1.165) is 17.8 Å².